The molecule has 0 aromatic carbocycles. The lowest BCUT2D eigenvalue weighted by atomic mass is 10.2. The third kappa shape index (κ3) is 2.76. The molecule has 0 unspecified atom stereocenters. The lowest BCUT2D eigenvalue weighted by Crippen LogP contribution is -2.16. The van der Waals surface area contributed by atoms with E-state index in [0.29, 0.717) is 0 Å². The van der Waals surface area contributed by atoms with E-state index < -0.39 is 0 Å². The second-order valence-corrected chi connectivity index (χ2v) is 5.30. The quantitative estimate of drug-likeness (QED) is 0.741. The van der Waals surface area contributed by atoms with Crippen LogP contribution in [-0.2, 0) is 0 Å². The van der Waals surface area contributed by atoms with Crippen molar-refractivity contribution in [1.82, 2.24) is 4.90 Å². The normalized spacial score (nSPS) is 18.2. The Kier molecular flexibility index (Phi) is 3.83. The van der Waals surface area contributed by atoms with Gasteiger partial charge in [-0.15, -0.1) is 11.3 Å². The third-order valence-corrected chi connectivity index (χ3v) is 4.02. The standard InChI is InChI=1S/C14H19NS/c1-12(14-8-6-10-16-14)11-13-7-4-3-5-9-15(13)2/h6-8,10-11H,3-5,9H2,1-2H3/b12-11+. The van der Waals surface area contributed by atoms with Gasteiger partial charge in [-0.3, -0.25) is 0 Å². The Labute approximate surface area is 102 Å². The van der Waals surface area contributed by atoms with Crippen LogP contribution in [0.25, 0.3) is 5.57 Å². The minimum absolute atomic E-state index is 1.18. The van der Waals surface area contributed by atoms with Crippen LogP contribution in [0.4, 0.5) is 0 Å². The Balaban J connectivity index is 2.18. The van der Waals surface area contributed by atoms with Crippen LogP contribution in [-0.4, -0.2) is 18.5 Å². The van der Waals surface area contributed by atoms with Gasteiger partial charge in [0.2, 0.25) is 0 Å². The summed E-state index contributed by atoms with van der Waals surface area (Å²) in [6.45, 7) is 3.38. The molecule has 0 saturated carbocycles. The van der Waals surface area contributed by atoms with Gasteiger partial charge in [-0.1, -0.05) is 12.1 Å². The number of rotatable bonds is 2. The predicted molar refractivity (Wildman–Crippen MR) is 72.5 cm³/mol. The second-order valence-electron chi connectivity index (χ2n) is 4.35. The van der Waals surface area contributed by atoms with Crippen LogP contribution < -0.4 is 0 Å². The van der Waals surface area contributed by atoms with Crippen molar-refractivity contribution in [3.63, 3.8) is 0 Å². The molecule has 1 aliphatic rings. The van der Waals surface area contributed by atoms with E-state index >= 15 is 0 Å². The highest BCUT2D eigenvalue weighted by Gasteiger charge is 2.06. The van der Waals surface area contributed by atoms with Gasteiger partial charge in [0.05, 0.1) is 0 Å². The fourth-order valence-electron chi connectivity index (χ4n) is 1.99. The number of hydrogen-bond donors (Lipinski definition) is 0. The van der Waals surface area contributed by atoms with Crippen molar-refractivity contribution in [3.05, 3.63) is 40.2 Å². The molecule has 16 heavy (non-hydrogen) atoms. The van der Waals surface area contributed by atoms with E-state index in [2.05, 4.69) is 48.5 Å². The average molecular weight is 233 g/mol. The summed E-state index contributed by atoms with van der Waals surface area (Å²) in [5, 5.41) is 2.14. The first-order chi connectivity index (χ1) is 7.77. The van der Waals surface area contributed by atoms with Crippen LogP contribution in [0, 0.1) is 0 Å². The van der Waals surface area contributed by atoms with Gasteiger partial charge in [-0.25, -0.2) is 0 Å². The van der Waals surface area contributed by atoms with Gasteiger partial charge in [0.15, 0.2) is 0 Å². The van der Waals surface area contributed by atoms with Crippen molar-refractivity contribution in [2.45, 2.75) is 26.2 Å². The van der Waals surface area contributed by atoms with E-state index in [1.54, 1.807) is 0 Å². The molecule has 1 aromatic rings. The third-order valence-electron chi connectivity index (χ3n) is 3.02. The molecule has 0 aliphatic carbocycles. The topological polar surface area (TPSA) is 3.24 Å². The van der Waals surface area contributed by atoms with E-state index in [-0.39, 0.29) is 0 Å². The zero-order valence-electron chi connectivity index (χ0n) is 10.1. The lowest BCUT2D eigenvalue weighted by Gasteiger charge is -2.18. The number of thiophene rings is 1. The molecule has 1 aliphatic heterocycles. The molecule has 86 valence electrons. The highest BCUT2D eigenvalue weighted by atomic mass is 32.1. The van der Waals surface area contributed by atoms with Crippen LogP contribution in [0.5, 0.6) is 0 Å². The summed E-state index contributed by atoms with van der Waals surface area (Å²) in [5.74, 6) is 0. The smallest absolute Gasteiger partial charge is 0.0326 e. The van der Waals surface area contributed by atoms with Crippen molar-refractivity contribution < 1.29 is 0 Å². The Morgan fingerprint density at radius 3 is 3.06 bits per heavy atom. The first-order valence-electron chi connectivity index (χ1n) is 5.91. The molecule has 2 rings (SSSR count). The maximum atomic E-state index is 2.37. The van der Waals surface area contributed by atoms with Crippen molar-refractivity contribution in [2.75, 3.05) is 13.6 Å². The number of hydrogen-bond acceptors (Lipinski definition) is 2. The summed E-state index contributed by atoms with van der Waals surface area (Å²) in [5.41, 5.74) is 2.75. The van der Waals surface area contributed by atoms with Crippen molar-refractivity contribution >= 4 is 16.9 Å². The largest absolute Gasteiger partial charge is 0.375 e. The fourth-order valence-corrected chi connectivity index (χ4v) is 2.70. The van der Waals surface area contributed by atoms with E-state index in [1.165, 1.54) is 42.0 Å². The molecular weight excluding hydrogens is 214 g/mol. The summed E-state index contributed by atoms with van der Waals surface area (Å²) in [6.07, 6.45) is 8.53. The minimum Gasteiger partial charge on any atom is -0.375 e. The van der Waals surface area contributed by atoms with Crippen molar-refractivity contribution in [1.29, 1.82) is 0 Å². The first-order valence-corrected chi connectivity index (χ1v) is 6.79. The Bertz CT molecular complexity index is 387. The van der Waals surface area contributed by atoms with E-state index in [1.807, 2.05) is 11.3 Å². The van der Waals surface area contributed by atoms with Gasteiger partial charge >= 0.3 is 0 Å². The summed E-state index contributed by atoms with van der Waals surface area (Å²) in [6, 6.07) is 4.30. The van der Waals surface area contributed by atoms with E-state index in [9.17, 15) is 0 Å². The van der Waals surface area contributed by atoms with Crippen molar-refractivity contribution in [2.24, 2.45) is 0 Å². The summed E-state index contributed by atoms with van der Waals surface area (Å²) in [7, 11) is 2.19. The maximum absolute atomic E-state index is 2.37. The van der Waals surface area contributed by atoms with E-state index in [4.69, 9.17) is 0 Å². The van der Waals surface area contributed by atoms with Crippen LogP contribution in [0.2, 0.25) is 0 Å². The molecule has 0 atom stereocenters. The Morgan fingerprint density at radius 1 is 1.44 bits per heavy atom. The predicted octanol–water partition coefficient (Wildman–Crippen LogP) is 4.15. The molecule has 2 heterocycles. The second kappa shape index (κ2) is 5.35. The highest BCUT2D eigenvalue weighted by molar-refractivity contribution is 7.11. The minimum atomic E-state index is 1.18. The Morgan fingerprint density at radius 2 is 2.31 bits per heavy atom. The van der Waals surface area contributed by atoms with Crippen LogP contribution >= 0.6 is 11.3 Å². The van der Waals surface area contributed by atoms with Gasteiger partial charge in [0.25, 0.3) is 0 Å². The molecule has 0 amide bonds. The molecule has 2 heteroatoms. The van der Waals surface area contributed by atoms with Gasteiger partial charge in [0.1, 0.15) is 0 Å². The van der Waals surface area contributed by atoms with Gasteiger partial charge in [-0.05, 0) is 49.3 Å². The monoisotopic (exact) mass is 233 g/mol. The molecule has 0 saturated heterocycles. The first kappa shape index (κ1) is 11.5. The van der Waals surface area contributed by atoms with Gasteiger partial charge < -0.3 is 4.90 Å². The zero-order valence-corrected chi connectivity index (χ0v) is 10.9. The van der Waals surface area contributed by atoms with Crippen LogP contribution in [0.15, 0.2) is 35.4 Å². The molecule has 0 fully saturated rings. The van der Waals surface area contributed by atoms with Crippen molar-refractivity contribution in [3.8, 4) is 0 Å². The zero-order chi connectivity index (χ0) is 11.4. The number of likely N-dealkylation sites (N-methyl/N-ethyl adjacent to an activating group) is 1. The van der Waals surface area contributed by atoms with E-state index in [0.717, 1.165) is 0 Å². The average Bonchev–Trinajstić information content (AvgIpc) is 2.73. The van der Waals surface area contributed by atoms with Crippen LogP contribution in [0.1, 0.15) is 31.1 Å². The molecule has 1 aromatic heterocycles. The number of nitrogens with zero attached hydrogens (tertiary/aromatic N) is 1. The van der Waals surface area contributed by atoms with Gasteiger partial charge in [-0.2, -0.15) is 0 Å². The fraction of sp³-hybridized carbons (Fsp3) is 0.429. The molecule has 0 N–H and O–H groups in total. The highest BCUT2D eigenvalue weighted by Crippen LogP contribution is 2.23. The molecule has 0 bridgehead atoms. The molecule has 1 nitrogen and oxygen atoms in total. The SMILES string of the molecule is C/C(=C\C1=CCCCCN1C)c1cccs1. The molecule has 0 spiro atoms. The Hall–Kier alpha value is -1.02. The summed E-state index contributed by atoms with van der Waals surface area (Å²) < 4.78 is 0. The number of allylic oxidation sites excluding steroid dienone is 3. The summed E-state index contributed by atoms with van der Waals surface area (Å²) in [4.78, 5) is 3.74. The van der Waals surface area contributed by atoms with Gasteiger partial charge in [0, 0.05) is 24.2 Å². The van der Waals surface area contributed by atoms with Crippen LogP contribution in [0.3, 0.4) is 0 Å². The molecular formula is C14H19NS. The maximum Gasteiger partial charge on any atom is 0.0326 e. The molecule has 0 radical (unpaired) electrons. The lowest BCUT2D eigenvalue weighted by molar-refractivity contribution is 0.427. The summed E-state index contributed by atoms with van der Waals surface area (Å²) >= 11 is 1.81.